The van der Waals surface area contributed by atoms with Crippen molar-refractivity contribution in [2.45, 2.75) is 38.8 Å². The third-order valence-corrected chi connectivity index (χ3v) is 3.24. The van der Waals surface area contributed by atoms with Gasteiger partial charge in [0.1, 0.15) is 5.75 Å². The van der Waals surface area contributed by atoms with Crippen molar-refractivity contribution in [1.29, 1.82) is 0 Å². The van der Waals surface area contributed by atoms with Gasteiger partial charge in [-0.15, -0.1) is 0 Å². The summed E-state index contributed by atoms with van der Waals surface area (Å²) in [6.07, 6.45) is 2.11. The van der Waals surface area contributed by atoms with Crippen LogP contribution in [0.15, 0.2) is 54.6 Å². The minimum absolute atomic E-state index is 0.0888. The number of nitrogens with two attached hydrogens (primary N) is 1. The van der Waals surface area contributed by atoms with Crippen molar-refractivity contribution in [3.8, 4) is 5.75 Å². The van der Waals surface area contributed by atoms with Gasteiger partial charge in [-0.3, -0.25) is 0 Å². The highest BCUT2D eigenvalue weighted by atomic mass is 16.5. The van der Waals surface area contributed by atoms with Crippen LogP contribution in [0.2, 0.25) is 0 Å². The molecule has 1 unspecified atom stereocenters. The zero-order valence-electron chi connectivity index (χ0n) is 12.3. The fraction of sp³-hybridized carbons (Fsp3) is 0.333. The van der Waals surface area contributed by atoms with Crippen LogP contribution in [0, 0.1) is 0 Å². The van der Waals surface area contributed by atoms with Crippen molar-refractivity contribution in [3.63, 3.8) is 0 Å². The van der Waals surface area contributed by atoms with E-state index >= 15 is 0 Å². The summed E-state index contributed by atoms with van der Waals surface area (Å²) in [5, 5.41) is 0. The van der Waals surface area contributed by atoms with Crippen molar-refractivity contribution in [2.24, 2.45) is 5.73 Å². The molecule has 0 aliphatic carbocycles. The normalized spacial score (nSPS) is 12.4. The summed E-state index contributed by atoms with van der Waals surface area (Å²) in [5.74, 6) is 0.936. The van der Waals surface area contributed by atoms with Gasteiger partial charge < -0.3 is 10.5 Å². The molecular formula is C18H23NO. The van der Waals surface area contributed by atoms with E-state index in [2.05, 4.69) is 24.3 Å². The Labute approximate surface area is 121 Å². The topological polar surface area (TPSA) is 35.2 Å². The lowest BCUT2D eigenvalue weighted by Crippen LogP contribution is -2.11. The van der Waals surface area contributed by atoms with Crippen LogP contribution in [0.3, 0.4) is 0 Å². The second kappa shape index (κ2) is 7.11. The number of hydrogen-bond donors (Lipinski definition) is 1. The second-order valence-corrected chi connectivity index (χ2v) is 5.37. The Kier molecular flexibility index (Phi) is 5.19. The van der Waals surface area contributed by atoms with E-state index in [1.807, 2.05) is 44.2 Å². The van der Waals surface area contributed by atoms with Crippen LogP contribution in [-0.2, 0) is 6.42 Å². The third kappa shape index (κ3) is 4.39. The van der Waals surface area contributed by atoms with E-state index < -0.39 is 0 Å². The summed E-state index contributed by atoms with van der Waals surface area (Å²) in [6, 6.07) is 18.6. The number of rotatable bonds is 6. The zero-order valence-corrected chi connectivity index (χ0v) is 12.3. The average molecular weight is 269 g/mol. The molecule has 0 saturated heterocycles. The number of ether oxygens (including phenoxy) is 1. The highest BCUT2D eigenvalue weighted by Crippen LogP contribution is 2.20. The van der Waals surface area contributed by atoms with E-state index in [0.717, 1.165) is 18.6 Å². The molecule has 2 aromatic rings. The molecule has 1 atom stereocenters. The summed E-state index contributed by atoms with van der Waals surface area (Å²) in [4.78, 5) is 0. The van der Waals surface area contributed by atoms with E-state index in [0.29, 0.717) is 0 Å². The molecule has 20 heavy (non-hydrogen) atoms. The van der Waals surface area contributed by atoms with Gasteiger partial charge in [0, 0.05) is 6.04 Å². The fourth-order valence-electron chi connectivity index (χ4n) is 2.24. The molecule has 0 aliphatic rings. The molecule has 0 radical (unpaired) electrons. The molecule has 0 fully saturated rings. The van der Waals surface area contributed by atoms with E-state index in [-0.39, 0.29) is 12.1 Å². The van der Waals surface area contributed by atoms with Crippen LogP contribution in [0.25, 0.3) is 0 Å². The van der Waals surface area contributed by atoms with Gasteiger partial charge in [0.25, 0.3) is 0 Å². The van der Waals surface area contributed by atoms with E-state index in [9.17, 15) is 0 Å². The minimum atomic E-state index is 0.0888. The summed E-state index contributed by atoms with van der Waals surface area (Å²) >= 11 is 0. The maximum Gasteiger partial charge on any atom is 0.119 e. The predicted molar refractivity (Wildman–Crippen MR) is 83.9 cm³/mol. The molecule has 0 saturated carbocycles. The first-order chi connectivity index (χ1) is 9.65. The molecule has 0 spiro atoms. The van der Waals surface area contributed by atoms with Crippen molar-refractivity contribution in [1.82, 2.24) is 0 Å². The Morgan fingerprint density at radius 2 is 1.75 bits per heavy atom. The lowest BCUT2D eigenvalue weighted by molar-refractivity contribution is 0.242. The van der Waals surface area contributed by atoms with Crippen molar-refractivity contribution >= 4 is 0 Å². The first-order valence-corrected chi connectivity index (χ1v) is 7.21. The average Bonchev–Trinajstić information content (AvgIpc) is 2.45. The SMILES string of the molecule is CC(C)Oc1cccc(CCC(N)c2ccccc2)c1. The maximum absolute atomic E-state index is 6.23. The van der Waals surface area contributed by atoms with Gasteiger partial charge in [-0.1, -0.05) is 42.5 Å². The molecular weight excluding hydrogens is 246 g/mol. The first kappa shape index (κ1) is 14.6. The number of hydrogen-bond acceptors (Lipinski definition) is 2. The van der Waals surface area contributed by atoms with E-state index in [1.165, 1.54) is 11.1 Å². The van der Waals surface area contributed by atoms with E-state index in [4.69, 9.17) is 10.5 Å². The van der Waals surface area contributed by atoms with Crippen LogP contribution in [-0.4, -0.2) is 6.10 Å². The van der Waals surface area contributed by atoms with Gasteiger partial charge in [-0.25, -0.2) is 0 Å². The summed E-state index contributed by atoms with van der Waals surface area (Å²) in [7, 11) is 0. The molecule has 2 rings (SSSR count). The van der Waals surface area contributed by atoms with Gasteiger partial charge in [-0.05, 0) is 49.9 Å². The Balaban J connectivity index is 1.94. The second-order valence-electron chi connectivity index (χ2n) is 5.37. The largest absolute Gasteiger partial charge is 0.491 e. The van der Waals surface area contributed by atoms with Gasteiger partial charge in [-0.2, -0.15) is 0 Å². The highest BCUT2D eigenvalue weighted by molar-refractivity contribution is 5.29. The lowest BCUT2D eigenvalue weighted by Gasteiger charge is -2.13. The molecule has 2 nitrogen and oxygen atoms in total. The third-order valence-electron chi connectivity index (χ3n) is 3.24. The molecule has 0 amide bonds. The number of benzene rings is 2. The number of aryl methyl sites for hydroxylation is 1. The molecule has 0 bridgehead atoms. The van der Waals surface area contributed by atoms with Crippen LogP contribution in [0.4, 0.5) is 0 Å². The van der Waals surface area contributed by atoms with Crippen LogP contribution < -0.4 is 10.5 Å². The quantitative estimate of drug-likeness (QED) is 0.856. The smallest absolute Gasteiger partial charge is 0.119 e. The Morgan fingerprint density at radius 3 is 2.45 bits per heavy atom. The summed E-state index contributed by atoms with van der Waals surface area (Å²) in [6.45, 7) is 4.08. The monoisotopic (exact) mass is 269 g/mol. The standard InChI is InChI=1S/C18H23NO/c1-14(2)20-17-10-6-7-15(13-17)11-12-18(19)16-8-4-3-5-9-16/h3-10,13-14,18H,11-12,19H2,1-2H3. The summed E-state index contributed by atoms with van der Waals surface area (Å²) < 4.78 is 5.72. The first-order valence-electron chi connectivity index (χ1n) is 7.21. The molecule has 2 N–H and O–H groups in total. The maximum atomic E-state index is 6.23. The van der Waals surface area contributed by atoms with Gasteiger partial charge in [0.15, 0.2) is 0 Å². The predicted octanol–water partition coefficient (Wildman–Crippen LogP) is 4.11. The fourth-order valence-corrected chi connectivity index (χ4v) is 2.24. The summed E-state index contributed by atoms with van der Waals surface area (Å²) in [5.41, 5.74) is 8.70. The Morgan fingerprint density at radius 1 is 1.00 bits per heavy atom. The molecule has 0 heterocycles. The van der Waals surface area contributed by atoms with Crippen molar-refractivity contribution in [3.05, 3.63) is 65.7 Å². The zero-order chi connectivity index (χ0) is 14.4. The van der Waals surface area contributed by atoms with Crippen molar-refractivity contribution in [2.75, 3.05) is 0 Å². The van der Waals surface area contributed by atoms with Crippen LogP contribution in [0.1, 0.15) is 37.4 Å². The Hall–Kier alpha value is -1.80. The van der Waals surface area contributed by atoms with Gasteiger partial charge in [0.05, 0.1) is 6.10 Å². The van der Waals surface area contributed by atoms with Gasteiger partial charge >= 0.3 is 0 Å². The van der Waals surface area contributed by atoms with E-state index in [1.54, 1.807) is 0 Å². The van der Waals surface area contributed by atoms with Gasteiger partial charge in [0.2, 0.25) is 0 Å². The highest BCUT2D eigenvalue weighted by Gasteiger charge is 2.06. The molecule has 0 aliphatic heterocycles. The molecule has 2 aromatic carbocycles. The molecule has 106 valence electrons. The lowest BCUT2D eigenvalue weighted by atomic mass is 10.00. The van der Waals surface area contributed by atoms with Crippen LogP contribution in [0.5, 0.6) is 5.75 Å². The molecule has 0 aromatic heterocycles. The minimum Gasteiger partial charge on any atom is -0.491 e. The van der Waals surface area contributed by atoms with Crippen LogP contribution >= 0.6 is 0 Å². The Bertz CT molecular complexity index is 522. The molecule has 2 heteroatoms. The van der Waals surface area contributed by atoms with Crippen molar-refractivity contribution < 1.29 is 4.74 Å².